The van der Waals surface area contributed by atoms with Crippen molar-refractivity contribution in [2.24, 2.45) is 4.99 Å². The minimum atomic E-state index is -0.0971. The van der Waals surface area contributed by atoms with Crippen molar-refractivity contribution < 1.29 is 9.53 Å². The number of rotatable bonds is 6. The Balaban J connectivity index is 1.63. The standard InChI is InChI=1S/C25H25ClN2O2S/c1-3-30-21-13-10-17(14-20(21)26)15-27-25-23(19-6-4-5-7-22(19)31-25)24(29)28-18-11-8-16(2)9-12-18/h8-15H,3-7H2,1-2H3,(H,28,29). The van der Waals surface area contributed by atoms with Gasteiger partial charge < -0.3 is 10.1 Å². The Morgan fingerprint density at radius 2 is 1.97 bits per heavy atom. The number of halogens is 1. The van der Waals surface area contributed by atoms with Crippen LogP contribution in [0.25, 0.3) is 0 Å². The van der Waals surface area contributed by atoms with Crippen LogP contribution in [0.4, 0.5) is 10.7 Å². The zero-order valence-corrected chi connectivity index (χ0v) is 19.3. The minimum Gasteiger partial charge on any atom is -0.492 e. The Kier molecular flexibility index (Phi) is 6.73. The topological polar surface area (TPSA) is 50.7 Å². The van der Waals surface area contributed by atoms with Gasteiger partial charge in [0, 0.05) is 16.8 Å². The third kappa shape index (κ3) is 5.00. The van der Waals surface area contributed by atoms with Crippen molar-refractivity contribution in [3.05, 3.63) is 74.6 Å². The number of thiophene rings is 1. The molecule has 2 aromatic carbocycles. The van der Waals surface area contributed by atoms with Crippen molar-refractivity contribution in [1.29, 1.82) is 0 Å². The number of benzene rings is 2. The SMILES string of the molecule is CCOc1ccc(C=Nc2sc3c(c2C(=O)Nc2ccc(C)cc2)CCCC3)cc1Cl. The number of ether oxygens (including phenoxy) is 1. The van der Waals surface area contributed by atoms with Crippen molar-refractivity contribution in [2.75, 3.05) is 11.9 Å². The number of aryl methyl sites for hydroxylation is 2. The van der Waals surface area contributed by atoms with Crippen LogP contribution in [0.3, 0.4) is 0 Å². The van der Waals surface area contributed by atoms with Gasteiger partial charge in [0.2, 0.25) is 0 Å². The van der Waals surface area contributed by atoms with Crippen LogP contribution in [0, 0.1) is 6.92 Å². The second kappa shape index (κ2) is 9.67. The summed E-state index contributed by atoms with van der Waals surface area (Å²) in [5.41, 5.74) is 4.67. The first-order chi connectivity index (χ1) is 15.0. The van der Waals surface area contributed by atoms with Gasteiger partial charge >= 0.3 is 0 Å². The molecule has 1 N–H and O–H groups in total. The molecule has 4 nitrogen and oxygen atoms in total. The van der Waals surface area contributed by atoms with Crippen molar-refractivity contribution in [3.63, 3.8) is 0 Å². The van der Waals surface area contributed by atoms with E-state index in [0.717, 1.165) is 53.1 Å². The van der Waals surface area contributed by atoms with Gasteiger partial charge in [-0.15, -0.1) is 11.3 Å². The van der Waals surface area contributed by atoms with Crippen molar-refractivity contribution in [1.82, 2.24) is 0 Å². The molecular weight excluding hydrogens is 428 g/mol. The Labute approximate surface area is 191 Å². The molecule has 0 aliphatic heterocycles. The first-order valence-corrected chi connectivity index (χ1v) is 11.7. The molecule has 0 fully saturated rings. The number of nitrogens with zero attached hydrogens (tertiary/aromatic N) is 1. The molecule has 160 valence electrons. The first-order valence-electron chi connectivity index (χ1n) is 10.5. The number of fused-ring (bicyclic) bond motifs is 1. The highest BCUT2D eigenvalue weighted by molar-refractivity contribution is 7.16. The van der Waals surface area contributed by atoms with E-state index in [1.165, 1.54) is 4.88 Å². The molecule has 1 aliphatic carbocycles. The zero-order valence-electron chi connectivity index (χ0n) is 17.7. The fourth-order valence-electron chi connectivity index (χ4n) is 3.71. The summed E-state index contributed by atoms with van der Waals surface area (Å²) in [5.74, 6) is 0.561. The van der Waals surface area contributed by atoms with E-state index < -0.39 is 0 Å². The highest BCUT2D eigenvalue weighted by Gasteiger charge is 2.25. The normalized spacial score (nSPS) is 13.3. The Morgan fingerprint density at radius 3 is 2.71 bits per heavy atom. The third-order valence-corrected chi connectivity index (χ3v) is 6.77. The van der Waals surface area contributed by atoms with Gasteiger partial charge in [0.15, 0.2) is 0 Å². The highest BCUT2D eigenvalue weighted by atomic mass is 35.5. The smallest absolute Gasteiger partial charge is 0.259 e. The molecule has 1 amide bonds. The summed E-state index contributed by atoms with van der Waals surface area (Å²) in [6.45, 7) is 4.52. The van der Waals surface area contributed by atoms with Gasteiger partial charge in [-0.05, 0) is 81.0 Å². The van der Waals surface area contributed by atoms with E-state index in [0.29, 0.717) is 22.9 Å². The average molecular weight is 453 g/mol. The molecule has 4 rings (SSSR count). The van der Waals surface area contributed by atoms with Crippen molar-refractivity contribution in [3.8, 4) is 5.75 Å². The second-order valence-corrected chi connectivity index (χ2v) is 9.08. The van der Waals surface area contributed by atoms with E-state index in [2.05, 4.69) is 5.32 Å². The quantitative estimate of drug-likeness (QED) is 0.409. The summed E-state index contributed by atoms with van der Waals surface area (Å²) < 4.78 is 5.50. The molecule has 0 saturated carbocycles. The average Bonchev–Trinajstić information content (AvgIpc) is 3.14. The van der Waals surface area contributed by atoms with Crippen LogP contribution in [0.1, 0.15) is 51.7 Å². The van der Waals surface area contributed by atoms with Gasteiger partial charge in [0.05, 0.1) is 17.2 Å². The van der Waals surface area contributed by atoms with Crippen molar-refractivity contribution in [2.45, 2.75) is 39.5 Å². The van der Waals surface area contributed by atoms with E-state index in [9.17, 15) is 4.79 Å². The van der Waals surface area contributed by atoms with E-state index in [-0.39, 0.29) is 5.91 Å². The third-order valence-electron chi connectivity index (χ3n) is 5.28. The number of nitrogens with one attached hydrogen (secondary N) is 1. The van der Waals surface area contributed by atoms with Crippen LogP contribution in [-0.4, -0.2) is 18.7 Å². The molecule has 0 saturated heterocycles. The maximum atomic E-state index is 13.2. The van der Waals surface area contributed by atoms with Gasteiger partial charge in [-0.3, -0.25) is 4.79 Å². The molecule has 1 heterocycles. The highest BCUT2D eigenvalue weighted by Crippen LogP contribution is 2.40. The number of carbonyl (C=O) groups excluding carboxylic acids is 1. The summed E-state index contributed by atoms with van der Waals surface area (Å²) in [6.07, 6.45) is 5.96. The summed E-state index contributed by atoms with van der Waals surface area (Å²) in [7, 11) is 0. The number of anilines is 1. The fraction of sp³-hybridized carbons (Fsp3) is 0.280. The number of hydrogen-bond acceptors (Lipinski definition) is 4. The molecule has 1 aliphatic rings. The number of aliphatic imine (C=N–C) groups is 1. The lowest BCUT2D eigenvalue weighted by Gasteiger charge is -2.13. The summed E-state index contributed by atoms with van der Waals surface area (Å²) in [5, 5.41) is 4.35. The molecule has 31 heavy (non-hydrogen) atoms. The zero-order chi connectivity index (χ0) is 21.8. The van der Waals surface area contributed by atoms with Crippen molar-refractivity contribution >= 4 is 45.7 Å². The first kappa shape index (κ1) is 21.6. The summed E-state index contributed by atoms with van der Waals surface area (Å²) in [4.78, 5) is 19.2. The van der Waals surface area contributed by atoms with Crippen LogP contribution in [0.15, 0.2) is 47.5 Å². The molecule has 6 heteroatoms. The molecule has 1 aromatic heterocycles. The van der Waals surface area contributed by atoms with E-state index in [1.807, 2.05) is 56.3 Å². The minimum absolute atomic E-state index is 0.0971. The maximum Gasteiger partial charge on any atom is 0.259 e. The lowest BCUT2D eigenvalue weighted by atomic mass is 9.95. The van der Waals surface area contributed by atoms with Gasteiger partial charge in [-0.1, -0.05) is 29.3 Å². The second-order valence-electron chi connectivity index (χ2n) is 7.59. The van der Waals surface area contributed by atoms with Crippen LogP contribution in [0.5, 0.6) is 5.75 Å². The van der Waals surface area contributed by atoms with Gasteiger partial charge in [0.1, 0.15) is 10.8 Å². The monoisotopic (exact) mass is 452 g/mol. The molecule has 0 unspecified atom stereocenters. The lowest BCUT2D eigenvalue weighted by molar-refractivity contribution is 0.102. The molecule has 0 bridgehead atoms. The van der Waals surface area contributed by atoms with Crippen LogP contribution in [-0.2, 0) is 12.8 Å². The van der Waals surface area contributed by atoms with Crippen LogP contribution in [0.2, 0.25) is 5.02 Å². The Hall–Kier alpha value is -2.63. The van der Waals surface area contributed by atoms with Crippen LogP contribution < -0.4 is 10.1 Å². The summed E-state index contributed by atoms with van der Waals surface area (Å²) in [6, 6.07) is 13.4. The fourth-order valence-corrected chi connectivity index (χ4v) is 5.18. The largest absolute Gasteiger partial charge is 0.492 e. The Bertz CT molecular complexity index is 1120. The van der Waals surface area contributed by atoms with E-state index in [4.69, 9.17) is 21.3 Å². The predicted molar refractivity (Wildman–Crippen MR) is 130 cm³/mol. The van der Waals surface area contributed by atoms with E-state index >= 15 is 0 Å². The van der Waals surface area contributed by atoms with Gasteiger partial charge in [-0.25, -0.2) is 4.99 Å². The number of amides is 1. The molecular formula is C25H25ClN2O2S. The number of hydrogen-bond donors (Lipinski definition) is 1. The number of carbonyl (C=O) groups is 1. The molecule has 0 radical (unpaired) electrons. The van der Waals surface area contributed by atoms with E-state index in [1.54, 1.807) is 17.6 Å². The lowest BCUT2D eigenvalue weighted by Crippen LogP contribution is -2.14. The Morgan fingerprint density at radius 1 is 1.19 bits per heavy atom. The molecule has 0 atom stereocenters. The van der Waals surface area contributed by atoms with Gasteiger partial charge in [0.25, 0.3) is 5.91 Å². The molecule has 0 spiro atoms. The van der Waals surface area contributed by atoms with Crippen LogP contribution >= 0.6 is 22.9 Å². The summed E-state index contributed by atoms with van der Waals surface area (Å²) >= 11 is 7.93. The predicted octanol–water partition coefficient (Wildman–Crippen LogP) is 6.99. The molecule has 3 aromatic rings. The van der Waals surface area contributed by atoms with Gasteiger partial charge in [-0.2, -0.15) is 0 Å². The maximum absolute atomic E-state index is 13.2.